The first-order chi connectivity index (χ1) is 11.2. The van der Waals surface area contributed by atoms with Crippen molar-refractivity contribution in [3.63, 3.8) is 0 Å². The molecular weight excluding hydrogens is 310 g/mol. The standard InChI is InChI=1S/C18H27NO3S/c20-19-17-14-10-5-3-1-2-4-6-11-15-18(17)23(21,22)16-12-8-7-9-13-16/h7-9,12-13,18,20H,1-6,10-11,14-15H2/b19-17-. The monoisotopic (exact) mass is 337 g/mol. The predicted molar refractivity (Wildman–Crippen MR) is 92.8 cm³/mol. The van der Waals surface area contributed by atoms with Gasteiger partial charge in [-0.3, -0.25) is 0 Å². The lowest BCUT2D eigenvalue weighted by atomic mass is 9.99. The van der Waals surface area contributed by atoms with E-state index >= 15 is 0 Å². The highest BCUT2D eigenvalue weighted by molar-refractivity contribution is 7.92. The maximum absolute atomic E-state index is 13.0. The third kappa shape index (κ3) is 5.06. The molecule has 1 aromatic rings. The molecule has 0 amide bonds. The van der Waals surface area contributed by atoms with Gasteiger partial charge >= 0.3 is 0 Å². The number of oxime groups is 1. The topological polar surface area (TPSA) is 66.7 Å². The summed E-state index contributed by atoms with van der Waals surface area (Å²) in [6.07, 6.45) is 9.77. The molecule has 128 valence electrons. The van der Waals surface area contributed by atoms with E-state index in [-0.39, 0.29) is 0 Å². The van der Waals surface area contributed by atoms with Gasteiger partial charge < -0.3 is 5.21 Å². The highest BCUT2D eigenvalue weighted by atomic mass is 32.2. The van der Waals surface area contributed by atoms with Gasteiger partial charge in [-0.1, -0.05) is 68.3 Å². The van der Waals surface area contributed by atoms with Crippen LogP contribution >= 0.6 is 0 Å². The van der Waals surface area contributed by atoms with E-state index < -0.39 is 15.1 Å². The Morgan fingerprint density at radius 2 is 1.43 bits per heavy atom. The molecular formula is C18H27NO3S. The zero-order chi connectivity index (χ0) is 16.5. The number of rotatable bonds is 2. The molecule has 4 nitrogen and oxygen atoms in total. The van der Waals surface area contributed by atoms with Gasteiger partial charge in [0.05, 0.1) is 10.6 Å². The number of hydrogen-bond acceptors (Lipinski definition) is 4. The van der Waals surface area contributed by atoms with Gasteiger partial charge in [-0.15, -0.1) is 0 Å². The minimum Gasteiger partial charge on any atom is -0.411 e. The Balaban J connectivity index is 2.24. The molecule has 0 aromatic heterocycles. The van der Waals surface area contributed by atoms with Gasteiger partial charge in [0.15, 0.2) is 9.84 Å². The summed E-state index contributed by atoms with van der Waals surface area (Å²) in [7, 11) is -3.50. The molecule has 0 aliphatic heterocycles. The Kier molecular flexibility index (Phi) is 7.09. The van der Waals surface area contributed by atoms with Crippen LogP contribution in [0.15, 0.2) is 40.4 Å². The van der Waals surface area contributed by atoms with Crippen molar-refractivity contribution in [2.45, 2.75) is 74.4 Å². The molecule has 1 aromatic carbocycles. The minimum atomic E-state index is -3.50. The molecule has 23 heavy (non-hydrogen) atoms. The summed E-state index contributed by atoms with van der Waals surface area (Å²) in [5.74, 6) is 0. The first-order valence-electron chi connectivity index (χ1n) is 8.66. The smallest absolute Gasteiger partial charge is 0.186 e. The Hall–Kier alpha value is -1.36. The van der Waals surface area contributed by atoms with Crippen molar-refractivity contribution in [3.8, 4) is 0 Å². The van der Waals surface area contributed by atoms with Crippen LogP contribution < -0.4 is 0 Å². The Labute approximate surface area is 139 Å². The molecule has 1 N–H and O–H groups in total. The molecule has 5 heteroatoms. The van der Waals surface area contributed by atoms with Crippen LogP contribution in [-0.4, -0.2) is 24.6 Å². The molecule has 0 bridgehead atoms. The molecule has 0 spiro atoms. The van der Waals surface area contributed by atoms with Crippen molar-refractivity contribution in [3.05, 3.63) is 30.3 Å². The van der Waals surface area contributed by atoms with Crippen molar-refractivity contribution in [2.24, 2.45) is 5.16 Å². The largest absolute Gasteiger partial charge is 0.411 e. The van der Waals surface area contributed by atoms with E-state index in [4.69, 9.17) is 0 Å². The summed E-state index contributed by atoms with van der Waals surface area (Å²) in [5, 5.41) is 12.1. The fraction of sp³-hybridized carbons (Fsp3) is 0.611. The normalized spacial score (nSPS) is 23.8. The summed E-state index contributed by atoms with van der Waals surface area (Å²) in [6, 6.07) is 8.53. The first kappa shape index (κ1) is 18.0. The first-order valence-corrected chi connectivity index (χ1v) is 10.2. The van der Waals surface area contributed by atoms with Gasteiger partial charge in [0.1, 0.15) is 5.25 Å². The second-order valence-corrected chi connectivity index (χ2v) is 8.44. The fourth-order valence-electron chi connectivity index (χ4n) is 3.25. The van der Waals surface area contributed by atoms with Crippen LogP contribution in [0.4, 0.5) is 0 Å². The van der Waals surface area contributed by atoms with Crippen molar-refractivity contribution in [1.29, 1.82) is 0 Å². The summed E-state index contributed by atoms with van der Waals surface area (Å²) < 4.78 is 26.0. The van der Waals surface area contributed by atoms with Crippen molar-refractivity contribution < 1.29 is 13.6 Å². The van der Waals surface area contributed by atoms with Gasteiger partial charge in [-0.2, -0.15) is 0 Å². The molecule has 1 aliphatic rings. The number of hydrogen-bond donors (Lipinski definition) is 1. The lowest BCUT2D eigenvalue weighted by Crippen LogP contribution is -2.31. The lowest BCUT2D eigenvalue weighted by molar-refractivity contribution is 0.315. The Morgan fingerprint density at radius 1 is 0.870 bits per heavy atom. The van der Waals surface area contributed by atoms with E-state index in [0.717, 1.165) is 32.1 Å². The molecule has 1 unspecified atom stereocenters. The molecule has 1 fully saturated rings. The molecule has 1 aliphatic carbocycles. The molecule has 1 atom stereocenters. The van der Waals surface area contributed by atoms with Crippen molar-refractivity contribution >= 4 is 15.5 Å². The van der Waals surface area contributed by atoms with Crippen LogP contribution in [0.1, 0.15) is 64.2 Å². The van der Waals surface area contributed by atoms with Gasteiger partial charge in [0.25, 0.3) is 0 Å². The highest BCUT2D eigenvalue weighted by Gasteiger charge is 2.31. The SMILES string of the molecule is O=S(=O)(c1ccccc1)C1CCCCCCCCCC/C1=N/O. The minimum absolute atomic E-state index is 0.318. The van der Waals surface area contributed by atoms with Crippen LogP contribution in [0.3, 0.4) is 0 Å². The summed E-state index contributed by atoms with van der Waals surface area (Å²) in [4.78, 5) is 0.318. The maximum atomic E-state index is 13.0. The summed E-state index contributed by atoms with van der Waals surface area (Å²) in [5.41, 5.74) is 0.425. The Bertz CT molecular complexity index is 596. The Morgan fingerprint density at radius 3 is 2.04 bits per heavy atom. The molecule has 2 rings (SSSR count). The van der Waals surface area contributed by atoms with E-state index in [1.54, 1.807) is 30.3 Å². The lowest BCUT2D eigenvalue weighted by Gasteiger charge is -2.20. The van der Waals surface area contributed by atoms with Crippen molar-refractivity contribution in [2.75, 3.05) is 0 Å². The highest BCUT2D eigenvalue weighted by Crippen LogP contribution is 2.25. The maximum Gasteiger partial charge on any atom is 0.186 e. The second kappa shape index (κ2) is 9.06. The van der Waals surface area contributed by atoms with Crippen LogP contribution in [0.2, 0.25) is 0 Å². The quantitative estimate of drug-likeness (QED) is 0.635. The van der Waals surface area contributed by atoms with Gasteiger partial charge in [0, 0.05) is 0 Å². The van der Waals surface area contributed by atoms with Crippen LogP contribution in [0, 0.1) is 0 Å². The van der Waals surface area contributed by atoms with E-state index in [9.17, 15) is 13.6 Å². The summed E-state index contributed by atoms with van der Waals surface area (Å²) in [6.45, 7) is 0. The van der Waals surface area contributed by atoms with E-state index in [1.165, 1.54) is 19.3 Å². The van der Waals surface area contributed by atoms with Gasteiger partial charge in [0.2, 0.25) is 0 Å². The molecule has 1 saturated carbocycles. The number of benzene rings is 1. The summed E-state index contributed by atoms with van der Waals surface area (Å²) >= 11 is 0. The zero-order valence-electron chi connectivity index (χ0n) is 13.7. The third-order valence-corrected chi connectivity index (χ3v) is 6.78. The molecule has 0 radical (unpaired) electrons. The average molecular weight is 337 g/mol. The van der Waals surface area contributed by atoms with Crippen LogP contribution in [0.5, 0.6) is 0 Å². The van der Waals surface area contributed by atoms with Gasteiger partial charge in [-0.25, -0.2) is 8.42 Å². The van der Waals surface area contributed by atoms with E-state index in [2.05, 4.69) is 5.16 Å². The van der Waals surface area contributed by atoms with E-state index in [0.29, 0.717) is 23.4 Å². The molecule has 0 heterocycles. The number of nitrogens with zero attached hydrogens (tertiary/aromatic N) is 1. The van der Waals surface area contributed by atoms with Crippen LogP contribution in [0.25, 0.3) is 0 Å². The van der Waals surface area contributed by atoms with E-state index in [1.807, 2.05) is 0 Å². The van der Waals surface area contributed by atoms with Crippen LogP contribution in [-0.2, 0) is 9.84 Å². The predicted octanol–water partition coefficient (Wildman–Crippen LogP) is 4.57. The average Bonchev–Trinajstić information content (AvgIpc) is 2.56. The van der Waals surface area contributed by atoms with Crippen molar-refractivity contribution in [1.82, 2.24) is 0 Å². The number of sulfone groups is 1. The fourth-order valence-corrected chi connectivity index (χ4v) is 5.11. The zero-order valence-corrected chi connectivity index (χ0v) is 14.5. The van der Waals surface area contributed by atoms with Gasteiger partial charge in [-0.05, 0) is 31.4 Å². The second-order valence-electron chi connectivity index (χ2n) is 6.31. The molecule has 0 saturated heterocycles. The third-order valence-electron chi connectivity index (χ3n) is 4.60.